The maximum atomic E-state index is 5.30. The second-order valence-corrected chi connectivity index (χ2v) is 5.45. The fourth-order valence-electron chi connectivity index (χ4n) is 2.73. The van der Waals surface area contributed by atoms with Crippen molar-refractivity contribution in [2.45, 2.75) is 38.3 Å². The van der Waals surface area contributed by atoms with E-state index in [0.717, 1.165) is 17.4 Å². The number of methoxy groups -OCH3 is 2. The summed E-state index contributed by atoms with van der Waals surface area (Å²) in [6.07, 6.45) is 6.95. The average molecular weight is 263 g/mol. The van der Waals surface area contributed by atoms with E-state index in [4.69, 9.17) is 9.47 Å². The van der Waals surface area contributed by atoms with E-state index in [0.29, 0.717) is 24.3 Å². The second kappa shape index (κ2) is 5.33. The maximum Gasteiger partial charge on any atom is 0.224 e. The number of hydrogen-bond acceptors (Lipinski definition) is 5. The van der Waals surface area contributed by atoms with Crippen molar-refractivity contribution in [2.75, 3.05) is 14.2 Å². The third-order valence-electron chi connectivity index (χ3n) is 4.03. The van der Waals surface area contributed by atoms with Crippen LogP contribution in [-0.4, -0.2) is 30.2 Å². The van der Waals surface area contributed by atoms with Crippen molar-refractivity contribution >= 4 is 0 Å². The molecule has 0 unspecified atom stereocenters. The first-order valence-electron chi connectivity index (χ1n) is 6.98. The summed E-state index contributed by atoms with van der Waals surface area (Å²) >= 11 is 0. The number of hydrogen-bond donors (Lipinski definition) is 1. The molecule has 1 aromatic heterocycles. The minimum Gasteiger partial charge on any atom is -0.481 e. The number of nitrogens with one attached hydrogen (secondary N) is 1. The molecule has 0 aromatic carbocycles. The lowest BCUT2D eigenvalue weighted by molar-refractivity contribution is 0.349. The van der Waals surface area contributed by atoms with E-state index in [1.54, 1.807) is 14.2 Å². The molecular weight excluding hydrogens is 242 g/mol. The van der Waals surface area contributed by atoms with Crippen LogP contribution in [0.15, 0.2) is 6.33 Å². The standard InChI is InChI=1S/C14H21N3O2/c1-18-13-11(14(19-2)17-8-16-13)7-15-12(9-3-4-9)10-5-6-10/h8-10,12,15H,3-7H2,1-2H3. The molecule has 5 nitrogen and oxygen atoms in total. The Kier molecular flexibility index (Phi) is 3.55. The molecule has 1 N–H and O–H groups in total. The highest BCUT2D eigenvalue weighted by atomic mass is 16.5. The molecular formula is C14H21N3O2. The summed E-state index contributed by atoms with van der Waals surface area (Å²) in [5, 5.41) is 3.67. The zero-order valence-electron chi connectivity index (χ0n) is 11.6. The summed E-state index contributed by atoms with van der Waals surface area (Å²) in [5.41, 5.74) is 0.916. The quantitative estimate of drug-likeness (QED) is 0.812. The Hall–Kier alpha value is -1.36. The van der Waals surface area contributed by atoms with E-state index < -0.39 is 0 Å². The van der Waals surface area contributed by atoms with E-state index in [1.807, 2.05) is 0 Å². The highest BCUT2D eigenvalue weighted by molar-refractivity contribution is 5.34. The monoisotopic (exact) mass is 263 g/mol. The van der Waals surface area contributed by atoms with Gasteiger partial charge in [0, 0.05) is 12.6 Å². The van der Waals surface area contributed by atoms with Gasteiger partial charge in [0.15, 0.2) is 0 Å². The minimum absolute atomic E-state index is 0.602. The summed E-state index contributed by atoms with van der Waals surface area (Å²) in [5.74, 6) is 2.94. The SMILES string of the molecule is COc1ncnc(OC)c1CNC(C1CC1)C1CC1. The molecule has 2 fully saturated rings. The van der Waals surface area contributed by atoms with Crippen molar-refractivity contribution in [3.63, 3.8) is 0 Å². The van der Waals surface area contributed by atoms with Gasteiger partial charge >= 0.3 is 0 Å². The lowest BCUT2D eigenvalue weighted by Gasteiger charge is -2.19. The molecule has 0 saturated heterocycles. The molecule has 19 heavy (non-hydrogen) atoms. The Morgan fingerprint density at radius 2 is 1.63 bits per heavy atom. The van der Waals surface area contributed by atoms with Gasteiger partial charge in [0.2, 0.25) is 11.8 Å². The normalized spacial score (nSPS) is 18.7. The number of rotatable bonds is 7. The van der Waals surface area contributed by atoms with Crippen LogP contribution in [0.1, 0.15) is 31.2 Å². The summed E-state index contributed by atoms with van der Waals surface area (Å²) < 4.78 is 10.6. The van der Waals surface area contributed by atoms with Crippen molar-refractivity contribution in [1.82, 2.24) is 15.3 Å². The Morgan fingerprint density at radius 1 is 1.11 bits per heavy atom. The van der Waals surface area contributed by atoms with Crippen LogP contribution in [0.25, 0.3) is 0 Å². The molecule has 0 atom stereocenters. The molecule has 0 aliphatic heterocycles. The van der Waals surface area contributed by atoms with Gasteiger partial charge in [-0.15, -0.1) is 0 Å². The van der Waals surface area contributed by atoms with Gasteiger partial charge in [-0.05, 0) is 37.5 Å². The van der Waals surface area contributed by atoms with E-state index in [1.165, 1.54) is 32.0 Å². The van der Waals surface area contributed by atoms with Gasteiger partial charge in [-0.3, -0.25) is 0 Å². The largest absolute Gasteiger partial charge is 0.481 e. The second-order valence-electron chi connectivity index (χ2n) is 5.45. The smallest absolute Gasteiger partial charge is 0.224 e. The molecule has 1 heterocycles. The average Bonchev–Trinajstić information content (AvgIpc) is 3.31. The van der Waals surface area contributed by atoms with Gasteiger partial charge < -0.3 is 14.8 Å². The first-order valence-corrected chi connectivity index (χ1v) is 6.98. The van der Waals surface area contributed by atoms with Crippen LogP contribution in [-0.2, 0) is 6.54 Å². The van der Waals surface area contributed by atoms with Crippen LogP contribution in [0.4, 0.5) is 0 Å². The van der Waals surface area contributed by atoms with Crippen molar-refractivity contribution < 1.29 is 9.47 Å². The van der Waals surface area contributed by atoms with Crippen molar-refractivity contribution in [3.05, 3.63) is 11.9 Å². The Bertz CT molecular complexity index is 410. The summed E-state index contributed by atoms with van der Waals surface area (Å²) in [6.45, 7) is 0.713. The summed E-state index contributed by atoms with van der Waals surface area (Å²) in [6, 6.07) is 0.648. The van der Waals surface area contributed by atoms with Gasteiger partial charge in [0.25, 0.3) is 0 Å². The highest BCUT2D eigenvalue weighted by Crippen LogP contribution is 2.44. The predicted molar refractivity (Wildman–Crippen MR) is 71.2 cm³/mol. The van der Waals surface area contributed by atoms with Crippen molar-refractivity contribution in [2.24, 2.45) is 11.8 Å². The van der Waals surface area contributed by atoms with Gasteiger partial charge in [0.1, 0.15) is 6.33 Å². The molecule has 2 saturated carbocycles. The molecule has 3 rings (SSSR count). The molecule has 0 bridgehead atoms. The molecule has 0 spiro atoms. The van der Waals surface area contributed by atoms with Crippen LogP contribution in [0.5, 0.6) is 11.8 Å². The molecule has 104 valence electrons. The van der Waals surface area contributed by atoms with Gasteiger partial charge in [0.05, 0.1) is 19.8 Å². The van der Waals surface area contributed by atoms with E-state index in [9.17, 15) is 0 Å². The first-order chi connectivity index (χ1) is 9.33. The Morgan fingerprint density at radius 3 is 2.05 bits per heavy atom. The first kappa shape index (κ1) is 12.7. The van der Waals surface area contributed by atoms with Gasteiger partial charge in [-0.25, -0.2) is 9.97 Å². The number of aromatic nitrogens is 2. The molecule has 0 radical (unpaired) electrons. The number of ether oxygens (including phenoxy) is 2. The minimum atomic E-state index is 0.602. The van der Waals surface area contributed by atoms with Gasteiger partial charge in [-0.2, -0.15) is 0 Å². The lowest BCUT2D eigenvalue weighted by Crippen LogP contribution is -2.33. The van der Waals surface area contributed by atoms with Crippen LogP contribution in [0.3, 0.4) is 0 Å². The van der Waals surface area contributed by atoms with E-state index in [-0.39, 0.29) is 0 Å². The van der Waals surface area contributed by atoms with Crippen LogP contribution in [0.2, 0.25) is 0 Å². The fraction of sp³-hybridized carbons (Fsp3) is 0.714. The lowest BCUT2D eigenvalue weighted by atomic mass is 10.1. The summed E-state index contributed by atoms with van der Waals surface area (Å²) in [7, 11) is 3.26. The fourth-order valence-corrected chi connectivity index (χ4v) is 2.73. The van der Waals surface area contributed by atoms with Crippen LogP contribution in [0, 0.1) is 11.8 Å². The third-order valence-corrected chi connectivity index (χ3v) is 4.03. The zero-order chi connectivity index (χ0) is 13.2. The van der Waals surface area contributed by atoms with Crippen molar-refractivity contribution in [1.29, 1.82) is 0 Å². The topological polar surface area (TPSA) is 56.3 Å². The highest BCUT2D eigenvalue weighted by Gasteiger charge is 2.41. The number of nitrogens with zero attached hydrogens (tertiary/aromatic N) is 2. The summed E-state index contributed by atoms with van der Waals surface area (Å²) in [4.78, 5) is 8.30. The molecule has 2 aliphatic rings. The van der Waals surface area contributed by atoms with Crippen LogP contribution >= 0.6 is 0 Å². The molecule has 2 aliphatic carbocycles. The molecule has 0 amide bonds. The maximum absolute atomic E-state index is 5.30. The Balaban J connectivity index is 1.70. The van der Waals surface area contributed by atoms with E-state index in [2.05, 4.69) is 15.3 Å². The zero-order valence-corrected chi connectivity index (χ0v) is 11.6. The molecule has 1 aromatic rings. The molecule has 5 heteroatoms. The van der Waals surface area contributed by atoms with Crippen LogP contribution < -0.4 is 14.8 Å². The van der Waals surface area contributed by atoms with Gasteiger partial charge in [-0.1, -0.05) is 0 Å². The Labute approximate surface area is 113 Å². The van der Waals surface area contributed by atoms with Crippen molar-refractivity contribution in [3.8, 4) is 11.8 Å². The third kappa shape index (κ3) is 2.81. The predicted octanol–water partition coefficient (Wildman–Crippen LogP) is 1.77. The van der Waals surface area contributed by atoms with E-state index >= 15 is 0 Å².